The number of methoxy groups -OCH3 is 1. The predicted molar refractivity (Wildman–Crippen MR) is 121 cm³/mol. The summed E-state index contributed by atoms with van der Waals surface area (Å²) in [4.78, 5) is 24.4. The van der Waals surface area contributed by atoms with Crippen LogP contribution in [0.1, 0.15) is 52.0 Å². The van der Waals surface area contributed by atoms with Gasteiger partial charge >= 0.3 is 0 Å². The van der Waals surface area contributed by atoms with E-state index in [2.05, 4.69) is 18.3 Å². The van der Waals surface area contributed by atoms with E-state index in [0.717, 1.165) is 40.0 Å². The number of thioether (sulfide) groups is 1. The molecule has 0 unspecified atom stereocenters. The van der Waals surface area contributed by atoms with E-state index in [4.69, 9.17) is 4.74 Å². The molecule has 29 heavy (non-hydrogen) atoms. The molecule has 2 aromatic rings. The van der Waals surface area contributed by atoms with Gasteiger partial charge in [-0.1, -0.05) is 18.2 Å². The summed E-state index contributed by atoms with van der Waals surface area (Å²) in [6.07, 6.45) is 0.783. The van der Waals surface area contributed by atoms with Crippen LogP contribution in [0.3, 0.4) is 0 Å². The van der Waals surface area contributed by atoms with Crippen LogP contribution < -0.4 is 10.1 Å². The van der Waals surface area contributed by atoms with Crippen LogP contribution in [0, 0.1) is 20.8 Å². The lowest BCUT2D eigenvalue weighted by Gasteiger charge is -2.17. The Hall–Kier alpha value is -2.27. The van der Waals surface area contributed by atoms with Gasteiger partial charge in [0.2, 0.25) is 5.91 Å². The summed E-state index contributed by atoms with van der Waals surface area (Å²) in [5.41, 5.74) is 6.35. The van der Waals surface area contributed by atoms with Crippen LogP contribution in [0.25, 0.3) is 0 Å². The van der Waals surface area contributed by atoms with Crippen molar-refractivity contribution in [3.63, 3.8) is 0 Å². The normalized spacial score (nSPS) is 11.8. The van der Waals surface area contributed by atoms with E-state index >= 15 is 0 Å². The number of ketones is 1. The van der Waals surface area contributed by atoms with E-state index < -0.39 is 0 Å². The molecule has 0 heterocycles. The largest absolute Gasteiger partial charge is 0.497 e. The van der Waals surface area contributed by atoms with Gasteiger partial charge in [0.15, 0.2) is 5.78 Å². The number of nitrogens with one attached hydrogen (secondary N) is 1. The second-order valence-electron chi connectivity index (χ2n) is 7.39. The number of Topliss-reactive ketones (excluding diaryl/α,β-unsaturated/α-hetero) is 1. The van der Waals surface area contributed by atoms with Crippen LogP contribution in [-0.4, -0.2) is 30.6 Å². The molecule has 2 aromatic carbocycles. The van der Waals surface area contributed by atoms with Crippen LogP contribution >= 0.6 is 11.8 Å². The maximum atomic E-state index is 12.4. The first-order valence-electron chi connectivity index (χ1n) is 9.87. The number of carbonyl (C=O) groups is 2. The third-order valence-electron chi connectivity index (χ3n) is 5.20. The van der Waals surface area contributed by atoms with E-state index in [1.807, 2.05) is 45.0 Å². The number of amides is 1. The highest BCUT2D eigenvalue weighted by Crippen LogP contribution is 2.28. The minimum absolute atomic E-state index is 0.0396. The van der Waals surface area contributed by atoms with Crippen molar-refractivity contribution in [3.8, 4) is 5.75 Å². The van der Waals surface area contributed by atoms with Gasteiger partial charge < -0.3 is 10.1 Å². The average molecular weight is 414 g/mol. The molecular formula is C24H31NO3S. The van der Waals surface area contributed by atoms with E-state index in [1.165, 1.54) is 5.56 Å². The molecule has 156 valence electrons. The quantitative estimate of drug-likeness (QED) is 0.600. The first kappa shape index (κ1) is 23.0. The SMILES string of the molecule is COc1ccc(CCNC(=O)[C@H](C)SCc2c(C)cc(C)c(C(C)=O)c2C)cc1. The lowest BCUT2D eigenvalue weighted by atomic mass is 9.92. The first-order valence-corrected chi connectivity index (χ1v) is 10.9. The number of hydrogen-bond acceptors (Lipinski definition) is 4. The molecule has 0 aromatic heterocycles. The number of rotatable bonds is 9. The molecule has 0 radical (unpaired) electrons. The maximum absolute atomic E-state index is 12.4. The zero-order chi connectivity index (χ0) is 21.6. The van der Waals surface area contributed by atoms with Crippen molar-refractivity contribution >= 4 is 23.5 Å². The number of benzene rings is 2. The molecule has 0 aliphatic heterocycles. The van der Waals surface area contributed by atoms with Gasteiger partial charge in [-0.2, -0.15) is 0 Å². The Morgan fingerprint density at radius 1 is 1.10 bits per heavy atom. The third kappa shape index (κ3) is 6.10. The van der Waals surface area contributed by atoms with Crippen LogP contribution in [0.4, 0.5) is 0 Å². The van der Waals surface area contributed by atoms with E-state index in [-0.39, 0.29) is 16.9 Å². The second-order valence-corrected chi connectivity index (χ2v) is 8.72. The Labute approximate surface area is 178 Å². The summed E-state index contributed by atoms with van der Waals surface area (Å²) in [5, 5.41) is 2.86. The lowest BCUT2D eigenvalue weighted by Crippen LogP contribution is -2.32. The van der Waals surface area contributed by atoms with Crippen LogP contribution in [0.5, 0.6) is 5.75 Å². The van der Waals surface area contributed by atoms with Crippen molar-refractivity contribution in [2.75, 3.05) is 13.7 Å². The Kier molecular flexibility index (Phi) is 8.32. The highest BCUT2D eigenvalue weighted by atomic mass is 32.2. The molecule has 0 fully saturated rings. The first-order chi connectivity index (χ1) is 13.7. The molecule has 0 bridgehead atoms. The monoisotopic (exact) mass is 413 g/mol. The van der Waals surface area contributed by atoms with Gasteiger partial charge in [0.1, 0.15) is 5.75 Å². The number of carbonyl (C=O) groups excluding carboxylic acids is 2. The molecule has 4 nitrogen and oxygen atoms in total. The molecule has 5 heteroatoms. The fraction of sp³-hybridized carbons (Fsp3) is 0.417. The Balaban J connectivity index is 1.90. The molecule has 0 saturated heterocycles. The fourth-order valence-corrected chi connectivity index (χ4v) is 4.64. The summed E-state index contributed by atoms with van der Waals surface area (Å²) >= 11 is 1.60. The average Bonchev–Trinajstić information content (AvgIpc) is 2.67. The molecule has 1 amide bonds. The van der Waals surface area contributed by atoms with Crippen molar-refractivity contribution in [2.24, 2.45) is 0 Å². The highest BCUT2D eigenvalue weighted by molar-refractivity contribution is 7.99. The Morgan fingerprint density at radius 3 is 2.34 bits per heavy atom. The van der Waals surface area contributed by atoms with Gasteiger partial charge in [0.25, 0.3) is 0 Å². The number of hydrogen-bond donors (Lipinski definition) is 1. The standard InChI is InChI=1S/C24H31NO3S/c1-15-13-16(2)23(18(4)26)17(3)22(15)14-29-19(5)24(27)25-12-11-20-7-9-21(28-6)10-8-20/h7-10,13,19H,11-12,14H2,1-6H3,(H,25,27)/t19-/m0/s1. The minimum atomic E-state index is -0.160. The van der Waals surface area contributed by atoms with E-state index in [0.29, 0.717) is 12.3 Å². The van der Waals surface area contributed by atoms with Crippen molar-refractivity contribution in [1.82, 2.24) is 5.32 Å². The number of ether oxygens (including phenoxy) is 1. The summed E-state index contributed by atoms with van der Waals surface area (Å²) in [7, 11) is 1.65. The number of aryl methyl sites for hydroxylation is 2. The van der Waals surface area contributed by atoms with Crippen LogP contribution in [0.15, 0.2) is 30.3 Å². The van der Waals surface area contributed by atoms with Crippen LogP contribution in [0.2, 0.25) is 0 Å². The molecular weight excluding hydrogens is 382 g/mol. The summed E-state index contributed by atoms with van der Waals surface area (Å²) in [6, 6.07) is 9.95. The summed E-state index contributed by atoms with van der Waals surface area (Å²) in [5.74, 6) is 1.68. The topological polar surface area (TPSA) is 55.4 Å². The smallest absolute Gasteiger partial charge is 0.232 e. The summed E-state index contributed by atoms with van der Waals surface area (Å²) in [6.45, 7) is 10.2. The fourth-order valence-electron chi connectivity index (χ4n) is 3.54. The molecule has 0 saturated carbocycles. The van der Waals surface area contributed by atoms with E-state index in [9.17, 15) is 9.59 Å². The van der Waals surface area contributed by atoms with Gasteiger partial charge in [0.05, 0.1) is 12.4 Å². The predicted octanol–water partition coefficient (Wildman–Crippen LogP) is 4.80. The third-order valence-corrected chi connectivity index (χ3v) is 6.37. The van der Waals surface area contributed by atoms with Crippen molar-refractivity contribution in [3.05, 3.63) is 63.7 Å². The molecule has 0 spiro atoms. The van der Waals surface area contributed by atoms with Crippen molar-refractivity contribution < 1.29 is 14.3 Å². The van der Waals surface area contributed by atoms with Gasteiger partial charge in [-0.15, -0.1) is 11.8 Å². The Bertz CT molecular complexity index is 875. The maximum Gasteiger partial charge on any atom is 0.232 e. The van der Waals surface area contributed by atoms with Crippen LogP contribution in [-0.2, 0) is 17.0 Å². The molecule has 0 aliphatic rings. The lowest BCUT2D eigenvalue weighted by molar-refractivity contribution is -0.120. The van der Waals surface area contributed by atoms with Crippen molar-refractivity contribution in [1.29, 1.82) is 0 Å². The van der Waals surface area contributed by atoms with Gasteiger partial charge in [-0.3, -0.25) is 9.59 Å². The van der Waals surface area contributed by atoms with E-state index in [1.54, 1.807) is 25.8 Å². The van der Waals surface area contributed by atoms with Gasteiger partial charge in [0, 0.05) is 17.9 Å². The second kappa shape index (κ2) is 10.5. The summed E-state index contributed by atoms with van der Waals surface area (Å²) < 4.78 is 5.16. The van der Waals surface area contributed by atoms with Crippen molar-refractivity contribution in [2.45, 2.75) is 52.0 Å². The minimum Gasteiger partial charge on any atom is -0.497 e. The molecule has 1 N–H and O–H groups in total. The molecule has 1 atom stereocenters. The highest BCUT2D eigenvalue weighted by Gasteiger charge is 2.17. The molecule has 2 rings (SSSR count). The Morgan fingerprint density at radius 2 is 1.76 bits per heavy atom. The molecule has 0 aliphatic carbocycles. The van der Waals surface area contributed by atoms with Gasteiger partial charge in [-0.05, 0) is 81.0 Å². The zero-order valence-electron chi connectivity index (χ0n) is 18.2. The zero-order valence-corrected chi connectivity index (χ0v) is 19.0. The van der Waals surface area contributed by atoms with Gasteiger partial charge in [-0.25, -0.2) is 0 Å².